The molecule has 8 nitrogen and oxygen atoms in total. The van der Waals surface area contributed by atoms with Crippen molar-refractivity contribution in [3.05, 3.63) is 47.8 Å². The second-order valence-corrected chi connectivity index (χ2v) is 6.00. The van der Waals surface area contributed by atoms with Gasteiger partial charge in [-0.25, -0.2) is 4.79 Å². The van der Waals surface area contributed by atoms with E-state index in [2.05, 4.69) is 10.3 Å². The summed E-state index contributed by atoms with van der Waals surface area (Å²) in [6.07, 6.45) is 1.78. The number of esters is 1. The summed E-state index contributed by atoms with van der Waals surface area (Å²) in [4.78, 5) is 40.3. The van der Waals surface area contributed by atoms with Crippen LogP contribution in [0.25, 0.3) is 11.1 Å². The fraction of sp³-hybridized carbons (Fsp3) is 0.211. The fourth-order valence-electron chi connectivity index (χ4n) is 3.03. The molecule has 0 aliphatic carbocycles. The Hall–Kier alpha value is -3.55. The summed E-state index contributed by atoms with van der Waals surface area (Å²) >= 11 is 0. The zero-order chi connectivity index (χ0) is 19.6. The molecule has 1 aromatic heterocycles. The van der Waals surface area contributed by atoms with Crippen LogP contribution in [0.4, 0.5) is 16.2 Å². The number of urea groups is 1. The minimum absolute atomic E-state index is 0.205. The molecule has 2 aromatic rings. The van der Waals surface area contributed by atoms with Crippen LogP contribution in [0.3, 0.4) is 0 Å². The van der Waals surface area contributed by atoms with Crippen LogP contribution in [-0.4, -0.2) is 36.0 Å². The number of primary amides is 1. The number of amides is 3. The second kappa shape index (κ2) is 7.36. The Morgan fingerprint density at radius 2 is 2.04 bits per heavy atom. The van der Waals surface area contributed by atoms with E-state index in [0.29, 0.717) is 22.5 Å². The van der Waals surface area contributed by atoms with Crippen LogP contribution in [0.15, 0.2) is 36.5 Å². The quantitative estimate of drug-likeness (QED) is 0.554. The molecule has 4 N–H and O–H groups in total. The van der Waals surface area contributed by atoms with Gasteiger partial charge in [-0.15, -0.1) is 0 Å². The van der Waals surface area contributed by atoms with E-state index in [0.717, 1.165) is 16.2 Å². The van der Waals surface area contributed by atoms with Crippen LogP contribution >= 0.6 is 0 Å². The number of benzene rings is 1. The highest BCUT2D eigenvalue weighted by Gasteiger charge is 2.28. The van der Waals surface area contributed by atoms with Gasteiger partial charge in [-0.05, 0) is 49.8 Å². The van der Waals surface area contributed by atoms with Gasteiger partial charge in [0, 0.05) is 28.8 Å². The average molecular weight is 368 g/mol. The van der Waals surface area contributed by atoms with Crippen molar-refractivity contribution >= 4 is 40.4 Å². The van der Waals surface area contributed by atoms with Gasteiger partial charge in [0.1, 0.15) is 6.54 Å². The average Bonchev–Trinajstić information content (AvgIpc) is 3.26. The van der Waals surface area contributed by atoms with Gasteiger partial charge in [0.15, 0.2) is 0 Å². The third kappa shape index (κ3) is 3.55. The maximum Gasteiger partial charge on any atom is 0.326 e. The summed E-state index contributed by atoms with van der Waals surface area (Å²) in [6.45, 7) is 3.42. The maximum atomic E-state index is 12.5. The zero-order valence-corrected chi connectivity index (χ0v) is 15.0. The highest BCUT2D eigenvalue weighted by atomic mass is 16.5. The summed E-state index contributed by atoms with van der Waals surface area (Å²) in [7, 11) is 0. The summed E-state index contributed by atoms with van der Waals surface area (Å²) in [5.41, 5.74) is 9.19. The van der Waals surface area contributed by atoms with Crippen LogP contribution < -0.4 is 16.0 Å². The van der Waals surface area contributed by atoms with Gasteiger partial charge >= 0.3 is 12.0 Å². The van der Waals surface area contributed by atoms with E-state index in [4.69, 9.17) is 10.5 Å². The topological polar surface area (TPSA) is 118 Å². The molecule has 2 heterocycles. The Kier molecular flexibility index (Phi) is 4.98. The lowest BCUT2D eigenvalue weighted by Crippen LogP contribution is -2.40. The molecule has 27 heavy (non-hydrogen) atoms. The van der Waals surface area contributed by atoms with Gasteiger partial charge in [-0.2, -0.15) is 0 Å². The number of carbonyl (C=O) groups is 3. The first-order valence-corrected chi connectivity index (χ1v) is 8.45. The number of aromatic nitrogens is 1. The molecule has 0 radical (unpaired) electrons. The van der Waals surface area contributed by atoms with E-state index in [9.17, 15) is 14.4 Å². The van der Waals surface area contributed by atoms with Crippen molar-refractivity contribution < 1.29 is 19.1 Å². The lowest BCUT2D eigenvalue weighted by molar-refractivity contribution is -0.141. The van der Waals surface area contributed by atoms with Crippen LogP contribution in [0.2, 0.25) is 0 Å². The number of nitrogens with one attached hydrogen (secondary N) is 2. The summed E-state index contributed by atoms with van der Waals surface area (Å²) in [5.74, 6) is -0.797. The van der Waals surface area contributed by atoms with Crippen molar-refractivity contribution in [1.82, 2.24) is 4.98 Å². The first-order valence-electron chi connectivity index (χ1n) is 8.45. The van der Waals surface area contributed by atoms with Crippen LogP contribution in [-0.2, 0) is 14.3 Å². The van der Waals surface area contributed by atoms with Gasteiger partial charge in [0.2, 0.25) is 0 Å². The number of aromatic amines is 1. The number of ether oxygens (including phenoxy) is 1. The SMILES string of the molecule is CCOC(=O)CN(C(N)=O)c1ccc2c(c1)C(=C(C)c1ccc[nH]1)C(=O)N2. The van der Waals surface area contributed by atoms with Crippen LogP contribution in [0.5, 0.6) is 0 Å². The number of carbonyl (C=O) groups excluding carboxylic acids is 3. The van der Waals surface area contributed by atoms with Gasteiger partial charge in [0.25, 0.3) is 5.91 Å². The number of nitrogens with two attached hydrogens (primary N) is 1. The van der Waals surface area contributed by atoms with E-state index in [1.54, 1.807) is 31.3 Å². The molecule has 1 aliphatic rings. The van der Waals surface area contributed by atoms with E-state index in [1.165, 1.54) is 0 Å². The minimum atomic E-state index is -0.785. The minimum Gasteiger partial charge on any atom is -0.465 e. The Labute approximate surface area is 156 Å². The number of H-pyrrole nitrogens is 1. The Morgan fingerprint density at radius 1 is 1.26 bits per heavy atom. The van der Waals surface area contributed by atoms with Gasteiger partial charge < -0.3 is 20.8 Å². The summed E-state index contributed by atoms with van der Waals surface area (Å²) in [6, 6.07) is 7.89. The maximum absolute atomic E-state index is 12.5. The number of fused-ring (bicyclic) bond motifs is 1. The lowest BCUT2D eigenvalue weighted by Gasteiger charge is -2.20. The third-order valence-electron chi connectivity index (χ3n) is 4.29. The van der Waals surface area contributed by atoms with Gasteiger partial charge in [-0.1, -0.05) is 0 Å². The number of hydrogen-bond donors (Lipinski definition) is 3. The van der Waals surface area contributed by atoms with Crippen LogP contribution in [0.1, 0.15) is 25.1 Å². The van der Waals surface area contributed by atoms with Gasteiger partial charge in [-0.3, -0.25) is 14.5 Å². The summed E-state index contributed by atoms with van der Waals surface area (Å²) < 4.78 is 4.89. The van der Waals surface area contributed by atoms with Crippen molar-refractivity contribution in [2.24, 2.45) is 5.73 Å². The molecule has 8 heteroatoms. The Balaban J connectivity index is 2.03. The smallest absolute Gasteiger partial charge is 0.326 e. The molecular formula is C19H20N4O4. The highest BCUT2D eigenvalue weighted by molar-refractivity contribution is 6.36. The highest BCUT2D eigenvalue weighted by Crippen LogP contribution is 2.38. The summed E-state index contributed by atoms with van der Waals surface area (Å²) in [5, 5.41) is 2.81. The van der Waals surface area contributed by atoms with E-state index in [1.807, 2.05) is 19.1 Å². The lowest BCUT2D eigenvalue weighted by atomic mass is 9.99. The first kappa shape index (κ1) is 18.2. The standard InChI is InChI=1S/C19H20N4O4/c1-3-27-16(24)10-23(19(20)26)12-6-7-15-13(9-12)17(18(25)22-15)11(2)14-5-4-8-21-14/h4-9,21H,3,10H2,1-2H3,(H2,20,26)(H,22,25). The molecule has 3 rings (SSSR count). The number of rotatable bonds is 5. The molecular weight excluding hydrogens is 348 g/mol. The monoisotopic (exact) mass is 368 g/mol. The number of allylic oxidation sites excluding steroid dienone is 1. The second-order valence-electron chi connectivity index (χ2n) is 6.00. The van der Waals surface area contributed by atoms with Crippen LogP contribution in [0, 0.1) is 0 Å². The largest absolute Gasteiger partial charge is 0.465 e. The molecule has 3 amide bonds. The van der Waals surface area contributed by atoms with Crippen molar-refractivity contribution in [2.45, 2.75) is 13.8 Å². The molecule has 1 aliphatic heterocycles. The number of nitrogens with zero attached hydrogens (tertiary/aromatic N) is 1. The molecule has 0 saturated carbocycles. The van der Waals surface area contributed by atoms with Gasteiger partial charge in [0.05, 0.1) is 12.2 Å². The Morgan fingerprint density at radius 3 is 2.67 bits per heavy atom. The van der Waals surface area contributed by atoms with Crippen molar-refractivity contribution in [1.29, 1.82) is 0 Å². The van der Waals surface area contributed by atoms with E-state index < -0.39 is 12.0 Å². The van der Waals surface area contributed by atoms with Crippen molar-refractivity contribution in [2.75, 3.05) is 23.4 Å². The molecule has 140 valence electrons. The third-order valence-corrected chi connectivity index (χ3v) is 4.29. The van der Waals surface area contributed by atoms with Crippen molar-refractivity contribution in [3.8, 4) is 0 Å². The fourth-order valence-corrected chi connectivity index (χ4v) is 3.03. The molecule has 0 spiro atoms. The predicted molar refractivity (Wildman–Crippen MR) is 102 cm³/mol. The van der Waals surface area contributed by atoms with E-state index >= 15 is 0 Å². The molecule has 0 fully saturated rings. The molecule has 0 atom stereocenters. The molecule has 0 saturated heterocycles. The predicted octanol–water partition coefficient (Wildman–Crippen LogP) is 2.35. The number of anilines is 2. The molecule has 0 bridgehead atoms. The molecule has 0 unspecified atom stereocenters. The Bertz CT molecular complexity index is 931. The zero-order valence-electron chi connectivity index (χ0n) is 15.0. The first-order chi connectivity index (χ1) is 12.9. The van der Waals surface area contributed by atoms with Crippen molar-refractivity contribution in [3.63, 3.8) is 0 Å². The normalized spacial score (nSPS) is 14.4. The molecule has 1 aromatic carbocycles. The van der Waals surface area contributed by atoms with E-state index in [-0.39, 0.29) is 19.1 Å². The number of hydrogen-bond acceptors (Lipinski definition) is 4.